The van der Waals surface area contributed by atoms with E-state index < -0.39 is 21.6 Å². The van der Waals surface area contributed by atoms with Crippen LogP contribution in [0.5, 0.6) is 0 Å². The third-order valence-corrected chi connectivity index (χ3v) is 5.39. The summed E-state index contributed by atoms with van der Waals surface area (Å²) in [7, 11) is -1.22. The van der Waals surface area contributed by atoms with Gasteiger partial charge in [0.15, 0.2) is 0 Å². The average molecular weight is 1140 g/mol. The van der Waals surface area contributed by atoms with Crippen LogP contribution in [0.25, 0.3) is 23.1 Å². The molecule has 0 atom stereocenters. The number of hydrogen-bond donors (Lipinski definition) is 0. The Balaban J connectivity index is 0.000000334. The Morgan fingerprint density at radius 2 is 0.796 bits per heavy atom. The fraction of sp³-hybridized carbons (Fsp3) is 0.286. The van der Waals surface area contributed by atoms with E-state index in [0.29, 0.717) is 45.9 Å². The van der Waals surface area contributed by atoms with Crippen LogP contribution in [0.4, 0.5) is 0 Å². The van der Waals surface area contributed by atoms with Crippen molar-refractivity contribution >= 4 is 44.7 Å². The second-order valence-corrected chi connectivity index (χ2v) is 13.3. The fourth-order valence-electron chi connectivity index (χ4n) is 3.59. The number of aryl methyl sites for hydroxylation is 4. The molecule has 0 aliphatic rings. The van der Waals surface area contributed by atoms with E-state index in [0.717, 1.165) is 18.1 Å². The van der Waals surface area contributed by atoms with Crippen LogP contribution in [0, 0.1) is 27.7 Å². The van der Waals surface area contributed by atoms with Gasteiger partial charge in [0, 0.05) is 83.0 Å². The maximum Gasteiger partial charge on any atom is 2.00 e. The van der Waals surface area contributed by atoms with E-state index in [4.69, 9.17) is 0 Å². The van der Waals surface area contributed by atoms with E-state index in [9.17, 15) is 27.6 Å². The third kappa shape index (κ3) is 14.5. The van der Waals surface area contributed by atoms with Crippen molar-refractivity contribution in [3.05, 3.63) is 114 Å². The number of hydrogen-bond acceptors (Lipinski definition) is 14. The van der Waals surface area contributed by atoms with Crippen LogP contribution in [0.3, 0.4) is 0 Å². The predicted molar refractivity (Wildman–Crippen MR) is 189 cm³/mol. The van der Waals surface area contributed by atoms with Gasteiger partial charge in [0.1, 0.15) is 0 Å². The summed E-state index contributed by atoms with van der Waals surface area (Å²) in [6.07, 6.45) is 11.8. The first-order chi connectivity index (χ1) is 24.5. The van der Waals surface area contributed by atoms with Crippen molar-refractivity contribution in [2.45, 2.75) is 27.7 Å². The van der Waals surface area contributed by atoms with E-state index in [-0.39, 0.29) is 64.4 Å². The van der Waals surface area contributed by atoms with Crippen LogP contribution in [0.1, 0.15) is 22.8 Å². The topological polar surface area (TPSA) is 280 Å². The van der Waals surface area contributed by atoms with Gasteiger partial charge < -0.3 is 50.1 Å². The minimum Gasteiger partial charge on any atom is -0.362 e. The molecule has 0 aliphatic carbocycles. The molecule has 0 N–H and O–H groups in total. The summed E-state index contributed by atoms with van der Waals surface area (Å²) in [6.45, 7) is 6.98. The van der Waals surface area contributed by atoms with Crippen LogP contribution >= 0.6 is 0 Å². The Morgan fingerprint density at radius 3 is 1.13 bits per heavy atom. The van der Waals surface area contributed by atoms with Crippen molar-refractivity contribution in [1.82, 2.24) is 78.3 Å². The number of aromatic nitrogens is 16. The fourth-order valence-corrected chi connectivity index (χ4v) is 3.59. The zero-order valence-corrected chi connectivity index (χ0v) is 35.9. The Bertz CT molecular complexity index is 2330. The second-order valence-electron chi connectivity index (χ2n) is 10.3. The Labute approximate surface area is 338 Å². The van der Waals surface area contributed by atoms with Gasteiger partial charge in [-0.05, 0) is 62.6 Å². The van der Waals surface area contributed by atoms with Gasteiger partial charge in [-0.1, -0.05) is 0 Å². The molecule has 0 fully saturated rings. The number of fused-ring (bicyclic) bond motifs is 4. The molecule has 8 rings (SSSR count). The molecule has 0 unspecified atom stereocenters. The van der Waals surface area contributed by atoms with E-state index in [1.807, 2.05) is 0 Å². The first-order valence-electron chi connectivity index (χ1n) is 14.4. The van der Waals surface area contributed by atoms with Crippen molar-refractivity contribution in [3.63, 3.8) is 0 Å². The SMILES string of the molecule is CS(C)=O.CS(C)=O.Cc1cc(=O)n2nc[n-]c2n1.Cc1cc(=O)n2nc[n-]c2n1.Cc1cc(=O)n2ncnc2[n-]1.Cc1cc(=O)n2ncnc2[n-]1.[Pt+2].[Pt+2]. The Morgan fingerprint density at radius 1 is 0.500 bits per heavy atom. The van der Waals surface area contributed by atoms with Gasteiger partial charge in [0.05, 0.1) is 24.2 Å². The predicted octanol–water partition coefficient (Wildman–Crippen LogP) is -2.60. The van der Waals surface area contributed by atoms with Crippen molar-refractivity contribution in [2.24, 2.45) is 0 Å². The van der Waals surface area contributed by atoms with Crippen molar-refractivity contribution in [2.75, 3.05) is 25.0 Å². The van der Waals surface area contributed by atoms with Crippen LogP contribution in [0.2, 0.25) is 0 Å². The van der Waals surface area contributed by atoms with E-state index in [2.05, 4.69) is 60.3 Å². The zero-order valence-electron chi connectivity index (χ0n) is 29.7. The summed E-state index contributed by atoms with van der Waals surface area (Å²) >= 11 is 0. The van der Waals surface area contributed by atoms with Gasteiger partial charge in [-0.2, -0.15) is 0 Å². The number of nitrogens with zero attached hydrogens (tertiary/aromatic N) is 16. The average Bonchev–Trinajstić information content (AvgIpc) is 3.84. The number of rotatable bonds is 0. The molecular formula is C28H32N16O6Pt2S2. The van der Waals surface area contributed by atoms with Crippen LogP contribution in [0.15, 0.2) is 68.8 Å². The largest absolute Gasteiger partial charge is 2.00 e. The second kappa shape index (κ2) is 22.3. The summed E-state index contributed by atoms with van der Waals surface area (Å²) in [5, 5.41) is 14.8. The minimum atomic E-state index is -0.611. The molecule has 8 aromatic rings. The van der Waals surface area contributed by atoms with Crippen LogP contribution in [-0.2, 0) is 63.7 Å². The zero-order chi connectivity index (χ0) is 38.5. The molecule has 0 radical (unpaired) electrons. The summed E-state index contributed by atoms with van der Waals surface area (Å²) < 4.78 is 23.7. The van der Waals surface area contributed by atoms with Crippen molar-refractivity contribution in [3.8, 4) is 0 Å². The normalized spacial score (nSPS) is 9.96. The molecule has 26 heteroatoms. The molecule has 0 spiro atoms. The van der Waals surface area contributed by atoms with Gasteiger partial charge in [-0.25, -0.2) is 10.2 Å². The molecular weight excluding hydrogens is 1110 g/mol. The molecule has 0 saturated heterocycles. The molecule has 0 aromatic carbocycles. The van der Waals surface area contributed by atoms with Crippen LogP contribution in [-0.4, -0.2) is 91.8 Å². The molecule has 0 amide bonds. The van der Waals surface area contributed by atoms with Gasteiger partial charge in [-0.3, -0.25) is 45.7 Å². The maximum atomic E-state index is 11.1. The molecule has 292 valence electrons. The third-order valence-electron chi connectivity index (χ3n) is 5.39. The molecule has 54 heavy (non-hydrogen) atoms. The van der Waals surface area contributed by atoms with Gasteiger partial charge in [0.25, 0.3) is 0 Å². The first kappa shape index (κ1) is 47.1. The van der Waals surface area contributed by atoms with Gasteiger partial charge in [-0.15, -0.1) is 0 Å². The summed E-state index contributed by atoms with van der Waals surface area (Å²) in [5.74, 6) is 1.43. The molecule has 8 aromatic heterocycles. The smallest absolute Gasteiger partial charge is 0.362 e. The van der Waals surface area contributed by atoms with E-state index in [1.165, 1.54) is 49.6 Å². The summed E-state index contributed by atoms with van der Waals surface area (Å²) in [5.41, 5.74) is 1.89. The first-order valence-corrected chi connectivity index (χ1v) is 18.4. The summed E-state index contributed by atoms with van der Waals surface area (Å²) in [6, 6.07) is 5.67. The minimum absolute atomic E-state index is 0. The Hall–Kier alpha value is -4.92. The quantitative estimate of drug-likeness (QED) is 0.151. The van der Waals surface area contributed by atoms with Crippen molar-refractivity contribution < 1.29 is 50.5 Å². The van der Waals surface area contributed by atoms with Gasteiger partial charge in [0.2, 0.25) is 22.2 Å². The molecule has 8 heterocycles. The van der Waals surface area contributed by atoms with E-state index >= 15 is 0 Å². The molecule has 22 nitrogen and oxygen atoms in total. The monoisotopic (exact) mass is 1140 g/mol. The van der Waals surface area contributed by atoms with Crippen LogP contribution < -0.4 is 42.2 Å². The van der Waals surface area contributed by atoms with Gasteiger partial charge >= 0.3 is 42.1 Å². The van der Waals surface area contributed by atoms with E-state index in [1.54, 1.807) is 52.7 Å². The van der Waals surface area contributed by atoms with Crippen molar-refractivity contribution in [1.29, 1.82) is 0 Å². The molecule has 0 saturated carbocycles. The molecule has 0 bridgehead atoms. The maximum absolute atomic E-state index is 11.1. The molecule has 0 aliphatic heterocycles. The standard InChI is InChI=1S/4C6H6N4O.2C2H6OS.2Pt/c4*1-4-2-5(11)10-6(9-4)7-3-8-10;2*1-4(2)3;;/h4*2-3H,1H3,(H,7,8,9,11);2*1-2H3;;/q;;;;;;2*+2/p-4. The Kier molecular flexibility index (Phi) is 19.5. The summed E-state index contributed by atoms with van der Waals surface area (Å²) in [4.78, 5) is 75.4.